The summed E-state index contributed by atoms with van der Waals surface area (Å²) < 4.78 is 125. The lowest BCUT2D eigenvalue weighted by molar-refractivity contribution is -0.144. The number of carbonyl (C=O) groups excluding carboxylic acids is 10. The Bertz CT molecular complexity index is 3140. The molecule has 0 aliphatic rings. The Hall–Kier alpha value is -10.2. The zero-order valence-electron chi connectivity index (χ0n) is 51.1. The Morgan fingerprint density at radius 3 is 1.06 bits per heavy atom. The average molecular weight is 1330 g/mol. The third-order valence-electron chi connectivity index (χ3n) is 13.9. The van der Waals surface area contributed by atoms with Crippen LogP contribution >= 0.6 is 0 Å². The lowest BCUT2D eigenvalue weighted by Crippen LogP contribution is -2.47. The van der Waals surface area contributed by atoms with Gasteiger partial charge in [-0.05, 0) is 140 Å². The molecule has 5 rings (SSSR count). The van der Waals surface area contributed by atoms with Crippen molar-refractivity contribution in [2.75, 3.05) is 66.6 Å². The molecule has 94 heavy (non-hydrogen) atoms. The number of alkyl halides is 6. The third kappa shape index (κ3) is 26.6. The predicted octanol–water partition coefficient (Wildman–Crippen LogP) is 7.11. The Balaban J connectivity index is 1.22. The quantitative estimate of drug-likeness (QED) is 0.0104. The second-order valence-electron chi connectivity index (χ2n) is 21.0. The van der Waals surface area contributed by atoms with Crippen LogP contribution in [0.15, 0.2) is 121 Å². The summed E-state index contributed by atoms with van der Waals surface area (Å²) in [5.41, 5.74) is -0.400. The highest BCUT2D eigenvalue weighted by molar-refractivity contribution is 6.03. The van der Waals surface area contributed by atoms with Crippen molar-refractivity contribution >= 4 is 59.6 Å². The average Bonchev–Trinajstić information content (AvgIpc) is 1.17. The van der Waals surface area contributed by atoms with E-state index in [1.54, 1.807) is 0 Å². The SMILES string of the molecule is [14CH3]OC(=O)[C@H](CCCCNC(=O)CN(CC(=O)NCCc1ccc(F)cc1)C(=O)c1cccc(C(=O)N(CC(=O)NCCCC[C@H](NC(=O)OCc2ccc(C(F)(F)F)cc2)C(=O)O[14CH3])CC(=O)NCCc2ccc(F)cc2)c1)NC(=O)OCc1ccc(C(F)(F)F)cc1. The first-order chi connectivity index (χ1) is 44.7. The Kier molecular flexibility index (Phi) is 29.6. The van der Waals surface area contributed by atoms with E-state index >= 15 is 0 Å². The zero-order chi connectivity index (χ0) is 68.8. The van der Waals surface area contributed by atoms with Crippen LogP contribution in [-0.4, -0.2) is 148 Å². The number of esters is 2. The highest BCUT2D eigenvalue weighted by Gasteiger charge is 2.32. The zero-order valence-corrected chi connectivity index (χ0v) is 51.1. The van der Waals surface area contributed by atoms with E-state index < -0.39 is 146 Å². The van der Waals surface area contributed by atoms with Crippen LogP contribution in [0.25, 0.3) is 0 Å². The highest BCUT2D eigenvalue weighted by atomic mass is 19.4. The molecule has 0 aliphatic carbocycles. The summed E-state index contributed by atoms with van der Waals surface area (Å²) in [5, 5.41) is 15.2. The molecule has 8 amide bonds. The number of hydrogen-bond acceptors (Lipinski definition) is 14. The molecule has 30 heteroatoms. The molecule has 0 fully saturated rings. The predicted molar refractivity (Wildman–Crippen MR) is 319 cm³/mol. The molecular weight excluding hydrogens is 1260 g/mol. The van der Waals surface area contributed by atoms with Gasteiger partial charge in [-0.25, -0.2) is 28.0 Å². The first kappa shape index (κ1) is 74.6. The van der Waals surface area contributed by atoms with Gasteiger partial charge in [0.2, 0.25) is 23.6 Å². The fraction of sp³-hybridized carbons (Fsp3) is 0.375. The summed E-state index contributed by atoms with van der Waals surface area (Å²) in [6.45, 7) is -3.67. The molecule has 0 spiro atoms. The second-order valence-corrected chi connectivity index (χ2v) is 21.0. The summed E-state index contributed by atoms with van der Waals surface area (Å²) in [6.07, 6.45) is -10.0. The number of alkyl carbamates (subject to hydrolysis) is 2. The van der Waals surface area contributed by atoms with Gasteiger partial charge in [-0.2, -0.15) is 26.3 Å². The van der Waals surface area contributed by atoms with Crippen LogP contribution < -0.4 is 31.9 Å². The number of hydrogen-bond donors (Lipinski definition) is 6. The Labute approximate surface area is 534 Å². The first-order valence-corrected chi connectivity index (χ1v) is 29.3. The summed E-state index contributed by atoms with van der Waals surface area (Å²) >= 11 is 0. The van der Waals surface area contributed by atoms with E-state index in [1.165, 1.54) is 66.7 Å². The maximum Gasteiger partial charge on any atom is 0.416 e. The van der Waals surface area contributed by atoms with Gasteiger partial charge in [0.15, 0.2) is 0 Å². The molecule has 0 aliphatic heterocycles. The molecule has 22 nitrogen and oxygen atoms in total. The molecule has 0 radical (unpaired) electrons. The highest BCUT2D eigenvalue weighted by Crippen LogP contribution is 2.30. The van der Waals surface area contributed by atoms with Gasteiger partial charge in [0.25, 0.3) is 11.8 Å². The maximum atomic E-state index is 14.4. The van der Waals surface area contributed by atoms with Crippen LogP contribution in [-0.2, 0) is 86.1 Å². The second kappa shape index (κ2) is 37.4. The van der Waals surface area contributed by atoms with Crippen molar-refractivity contribution in [1.29, 1.82) is 0 Å². The summed E-state index contributed by atoms with van der Waals surface area (Å²) in [7, 11) is 2.15. The molecular formula is C64H70F8N8O14. The minimum absolute atomic E-state index is 0.0219. The summed E-state index contributed by atoms with van der Waals surface area (Å²) in [5.74, 6) is -7.41. The van der Waals surface area contributed by atoms with E-state index in [0.717, 1.165) is 78.6 Å². The van der Waals surface area contributed by atoms with E-state index in [9.17, 15) is 83.1 Å². The van der Waals surface area contributed by atoms with Crippen LogP contribution in [0.3, 0.4) is 0 Å². The molecule has 0 heterocycles. The number of nitrogens with one attached hydrogen (secondary N) is 6. The van der Waals surface area contributed by atoms with E-state index in [0.29, 0.717) is 11.1 Å². The van der Waals surface area contributed by atoms with Gasteiger partial charge in [-0.3, -0.25) is 28.8 Å². The normalized spacial score (nSPS) is 11.8. The van der Waals surface area contributed by atoms with Crippen molar-refractivity contribution in [3.8, 4) is 0 Å². The smallest absolute Gasteiger partial charge is 0.416 e. The molecule has 0 saturated heterocycles. The molecule has 0 bridgehead atoms. The Morgan fingerprint density at radius 1 is 0.426 bits per heavy atom. The number of ether oxygens (including phenoxy) is 4. The minimum Gasteiger partial charge on any atom is -0.467 e. The van der Waals surface area contributed by atoms with Crippen LogP contribution in [0, 0.1) is 11.6 Å². The van der Waals surface area contributed by atoms with Crippen molar-refractivity contribution in [3.63, 3.8) is 0 Å². The van der Waals surface area contributed by atoms with E-state index in [2.05, 4.69) is 31.9 Å². The molecule has 5 aromatic carbocycles. The molecule has 0 aromatic heterocycles. The fourth-order valence-electron chi connectivity index (χ4n) is 8.89. The third-order valence-corrected chi connectivity index (χ3v) is 13.9. The minimum atomic E-state index is -4.57. The molecule has 6 N–H and O–H groups in total. The van der Waals surface area contributed by atoms with Gasteiger partial charge >= 0.3 is 36.5 Å². The summed E-state index contributed by atoms with van der Waals surface area (Å²) in [4.78, 5) is 135. The lowest BCUT2D eigenvalue weighted by Gasteiger charge is -2.24. The van der Waals surface area contributed by atoms with Crippen LogP contribution in [0.2, 0.25) is 0 Å². The molecule has 5 aromatic rings. The van der Waals surface area contributed by atoms with Gasteiger partial charge in [0.05, 0.1) is 25.3 Å². The van der Waals surface area contributed by atoms with Gasteiger partial charge < -0.3 is 60.6 Å². The first-order valence-electron chi connectivity index (χ1n) is 29.3. The van der Waals surface area contributed by atoms with Crippen LogP contribution in [0.4, 0.5) is 44.7 Å². The summed E-state index contributed by atoms with van der Waals surface area (Å²) in [6, 6.07) is 21.3. The van der Waals surface area contributed by atoms with Crippen molar-refractivity contribution in [2.24, 2.45) is 0 Å². The van der Waals surface area contributed by atoms with Gasteiger partial charge in [-0.1, -0.05) is 54.6 Å². The van der Waals surface area contributed by atoms with Crippen molar-refractivity contribution in [3.05, 3.63) is 177 Å². The molecule has 2 atom stereocenters. The topological polar surface area (TPSA) is 286 Å². The Morgan fingerprint density at radius 2 is 0.745 bits per heavy atom. The number of halogens is 8. The van der Waals surface area contributed by atoms with Crippen molar-refractivity contribution < 1.29 is 102 Å². The molecule has 0 unspecified atom stereocenters. The van der Waals surface area contributed by atoms with E-state index in [1.807, 2.05) is 0 Å². The lowest BCUT2D eigenvalue weighted by atomic mass is 10.1. The van der Waals surface area contributed by atoms with Gasteiger partial charge in [0.1, 0.15) is 63.1 Å². The number of methoxy groups -OCH3 is 2. The number of benzene rings is 5. The van der Waals surface area contributed by atoms with Crippen molar-refractivity contribution in [1.82, 2.24) is 41.7 Å². The number of nitrogens with zero attached hydrogens (tertiary/aromatic N) is 2. The number of unbranched alkanes of at least 4 members (excludes halogenated alkanes) is 2. The fourth-order valence-corrected chi connectivity index (χ4v) is 8.89. The van der Waals surface area contributed by atoms with E-state index in [4.69, 9.17) is 18.9 Å². The largest absolute Gasteiger partial charge is 0.467 e. The van der Waals surface area contributed by atoms with Gasteiger partial charge in [-0.15, -0.1) is 0 Å². The standard InChI is InChI=1S/C64H70F8N8O14/c1-91-59(87)51(77-61(89)93-39-43-12-20-47(21-13-43)63(67,68)69)10-3-5-30-73-53(81)35-79(37-55(83)75-32-28-41-16-24-49(65)25-17-41)57(85)45-8-7-9-46(34-45)58(86)80(38-56(84)76-33-29-42-18-26-50(66)27-19-42)36-54(82)74-31-6-4-11-52(60(88)92-2)78-62(90)94-40-44-14-22-48(23-15-44)64(70,71)72/h7-9,12-27,34,51-52H,3-6,10-11,28-33,35-40H2,1-2H3,(H,73,81)(H,74,82)(H,75,83)(H,76,84)(H,77,89)(H,78,90)/t51-,52-/m0/s1/i1+2,2+2. The number of rotatable bonds is 34. The van der Waals surface area contributed by atoms with Crippen LogP contribution in [0.5, 0.6) is 0 Å². The maximum absolute atomic E-state index is 14.4. The monoisotopic (exact) mass is 1330 g/mol. The van der Waals surface area contributed by atoms with Gasteiger partial charge in [0, 0.05) is 37.3 Å². The molecule has 0 saturated carbocycles. The number of carbonyl (C=O) groups is 10. The van der Waals surface area contributed by atoms with Crippen molar-refractivity contribution in [2.45, 2.75) is 89.0 Å². The number of amides is 8. The van der Waals surface area contributed by atoms with Crippen LogP contribution in [0.1, 0.15) is 92.6 Å². The van der Waals surface area contributed by atoms with E-state index in [-0.39, 0.29) is 99.8 Å². The molecule has 506 valence electrons.